The van der Waals surface area contributed by atoms with E-state index < -0.39 is 18.0 Å². The van der Waals surface area contributed by atoms with E-state index in [0.717, 1.165) is 16.3 Å². The summed E-state index contributed by atoms with van der Waals surface area (Å²) in [7, 11) is 0. The number of carbonyl (C=O) groups is 3. The van der Waals surface area contributed by atoms with Gasteiger partial charge in [0.1, 0.15) is 11.8 Å². The Bertz CT molecular complexity index is 1080. The minimum absolute atomic E-state index is 0.111. The molecule has 2 amide bonds. The molecule has 2 atom stereocenters. The number of rotatable bonds is 7. The highest BCUT2D eigenvalue weighted by Gasteiger charge is 2.26. The molecule has 3 rings (SSSR count). The number of phenols is 1. The molecule has 0 bridgehead atoms. The molecule has 0 fully saturated rings. The van der Waals surface area contributed by atoms with Crippen LogP contribution < -0.4 is 10.6 Å². The first-order valence-corrected chi connectivity index (χ1v) is 9.68. The van der Waals surface area contributed by atoms with Gasteiger partial charge in [0.15, 0.2) is 5.78 Å². The van der Waals surface area contributed by atoms with E-state index in [1.54, 1.807) is 30.3 Å². The third-order valence-corrected chi connectivity index (χ3v) is 4.88. The molecule has 0 spiro atoms. The summed E-state index contributed by atoms with van der Waals surface area (Å²) < 4.78 is 0. The van der Waals surface area contributed by atoms with E-state index in [0.29, 0.717) is 12.0 Å². The number of hydrogen-bond donors (Lipinski definition) is 3. The van der Waals surface area contributed by atoms with Gasteiger partial charge in [0.2, 0.25) is 11.8 Å². The van der Waals surface area contributed by atoms with Crippen molar-refractivity contribution < 1.29 is 19.5 Å². The highest BCUT2D eigenvalue weighted by Crippen LogP contribution is 2.24. The Hall–Kier alpha value is -3.67. The summed E-state index contributed by atoms with van der Waals surface area (Å²) in [5.74, 6) is -0.897. The maximum Gasteiger partial charge on any atom is 0.247 e. The first-order chi connectivity index (χ1) is 14.3. The molecular formula is C24H24N2O4. The number of amides is 2. The van der Waals surface area contributed by atoms with Crippen LogP contribution in [0.5, 0.6) is 5.75 Å². The highest BCUT2D eigenvalue weighted by molar-refractivity contribution is 5.94. The minimum atomic E-state index is -0.966. The quantitative estimate of drug-likeness (QED) is 0.564. The van der Waals surface area contributed by atoms with Crippen molar-refractivity contribution in [2.75, 3.05) is 0 Å². The number of ketones is 1. The van der Waals surface area contributed by atoms with Gasteiger partial charge in [-0.2, -0.15) is 0 Å². The van der Waals surface area contributed by atoms with E-state index in [9.17, 15) is 19.5 Å². The van der Waals surface area contributed by atoms with Crippen LogP contribution in [0.2, 0.25) is 0 Å². The van der Waals surface area contributed by atoms with E-state index >= 15 is 0 Å². The summed E-state index contributed by atoms with van der Waals surface area (Å²) in [6.45, 7) is 2.76. The molecule has 0 aliphatic heterocycles. The average molecular weight is 404 g/mol. The standard InChI is InChI=1S/C24H24N2O4/c1-15(27)22(12-17-6-4-3-5-7-17)26-24(30)23(25-16(2)28)19-9-8-18-10-11-21(29)14-20(18)13-19/h3-11,13-14,22-23,29H,12H2,1-2H3,(H,25,28)(H,26,30). The number of hydrogen-bond acceptors (Lipinski definition) is 4. The van der Waals surface area contributed by atoms with Crippen LogP contribution in [0.15, 0.2) is 66.7 Å². The van der Waals surface area contributed by atoms with E-state index in [4.69, 9.17) is 0 Å². The van der Waals surface area contributed by atoms with E-state index in [2.05, 4.69) is 10.6 Å². The molecule has 0 saturated carbocycles. The smallest absolute Gasteiger partial charge is 0.247 e. The molecule has 3 N–H and O–H groups in total. The number of benzene rings is 3. The molecule has 0 heterocycles. The van der Waals surface area contributed by atoms with Gasteiger partial charge in [-0.25, -0.2) is 0 Å². The number of fused-ring (bicyclic) bond motifs is 1. The number of aromatic hydroxyl groups is 1. The van der Waals surface area contributed by atoms with Crippen molar-refractivity contribution in [3.8, 4) is 5.75 Å². The molecule has 3 aromatic rings. The highest BCUT2D eigenvalue weighted by atomic mass is 16.3. The van der Waals surface area contributed by atoms with Gasteiger partial charge in [0.05, 0.1) is 6.04 Å². The van der Waals surface area contributed by atoms with Crippen molar-refractivity contribution in [1.82, 2.24) is 10.6 Å². The Morgan fingerprint density at radius 3 is 2.23 bits per heavy atom. The number of carbonyl (C=O) groups excluding carboxylic acids is 3. The molecule has 0 aliphatic carbocycles. The van der Waals surface area contributed by atoms with Gasteiger partial charge in [-0.3, -0.25) is 14.4 Å². The van der Waals surface area contributed by atoms with Gasteiger partial charge in [-0.05, 0) is 53.4 Å². The number of Topliss-reactive ketones (excluding diaryl/α,β-unsaturated/α-hetero) is 1. The van der Waals surface area contributed by atoms with Crippen LogP contribution in [0.3, 0.4) is 0 Å². The summed E-state index contributed by atoms with van der Waals surface area (Å²) in [6, 6.07) is 18.0. The van der Waals surface area contributed by atoms with Gasteiger partial charge in [-0.1, -0.05) is 48.5 Å². The molecule has 0 aromatic heterocycles. The van der Waals surface area contributed by atoms with Crippen LogP contribution >= 0.6 is 0 Å². The Balaban J connectivity index is 1.87. The topological polar surface area (TPSA) is 95.5 Å². The first-order valence-electron chi connectivity index (χ1n) is 9.68. The van der Waals surface area contributed by atoms with Crippen molar-refractivity contribution in [1.29, 1.82) is 0 Å². The Morgan fingerprint density at radius 2 is 1.57 bits per heavy atom. The zero-order valence-corrected chi connectivity index (χ0v) is 16.9. The number of phenolic OH excluding ortho intramolecular Hbond substituents is 1. The van der Waals surface area contributed by atoms with Crippen LogP contribution in [-0.2, 0) is 20.8 Å². The predicted molar refractivity (Wildman–Crippen MR) is 115 cm³/mol. The summed E-state index contributed by atoms with van der Waals surface area (Å²) in [4.78, 5) is 37.0. The molecular weight excluding hydrogens is 380 g/mol. The van der Waals surface area contributed by atoms with Crippen LogP contribution in [-0.4, -0.2) is 28.7 Å². The summed E-state index contributed by atoms with van der Waals surface area (Å²) in [6.07, 6.45) is 0.361. The molecule has 3 aromatic carbocycles. The molecule has 0 saturated heterocycles. The van der Waals surface area contributed by atoms with Gasteiger partial charge in [0, 0.05) is 6.92 Å². The minimum Gasteiger partial charge on any atom is -0.508 e. The first kappa shape index (κ1) is 21.0. The largest absolute Gasteiger partial charge is 0.508 e. The fourth-order valence-corrected chi connectivity index (χ4v) is 3.34. The van der Waals surface area contributed by atoms with Crippen LogP contribution in [0.25, 0.3) is 10.8 Å². The van der Waals surface area contributed by atoms with Crippen molar-refractivity contribution in [2.45, 2.75) is 32.4 Å². The molecule has 0 radical (unpaired) electrons. The fraction of sp³-hybridized carbons (Fsp3) is 0.208. The van der Waals surface area contributed by atoms with Gasteiger partial charge < -0.3 is 15.7 Å². The zero-order valence-electron chi connectivity index (χ0n) is 16.9. The van der Waals surface area contributed by atoms with Crippen LogP contribution in [0.1, 0.15) is 31.0 Å². The second kappa shape index (κ2) is 9.22. The third-order valence-electron chi connectivity index (χ3n) is 4.88. The fourth-order valence-electron chi connectivity index (χ4n) is 3.34. The lowest BCUT2D eigenvalue weighted by Gasteiger charge is -2.22. The van der Waals surface area contributed by atoms with E-state index in [1.165, 1.54) is 13.8 Å². The zero-order chi connectivity index (χ0) is 21.7. The molecule has 30 heavy (non-hydrogen) atoms. The van der Waals surface area contributed by atoms with Gasteiger partial charge in [-0.15, -0.1) is 0 Å². The van der Waals surface area contributed by atoms with E-state index in [1.807, 2.05) is 36.4 Å². The molecule has 6 nitrogen and oxygen atoms in total. The monoisotopic (exact) mass is 404 g/mol. The van der Waals surface area contributed by atoms with Crippen molar-refractivity contribution in [3.05, 3.63) is 77.9 Å². The van der Waals surface area contributed by atoms with Gasteiger partial charge >= 0.3 is 0 Å². The molecule has 154 valence electrons. The molecule has 6 heteroatoms. The molecule has 0 aliphatic rings. The van der Waals surface area contributed by atoms with E-state index in [-0.39, 0.29) is 17.4 Å². The lowest BCUT2D eigenvalue weighted by atomic mass is 9.99. The Kier molecular flexibility index (Phi) is 6.47. The van der Waals surface area contributed by atoms with Gasteiger partial charge in [0.25, 0.3) is 0 Å². The van der Waals surface area contributed by atoms with Crippen molar-refractivity contribution in [3.63, 3.8) is 0 Å². The van der Waals surface area contributed by atoms with Crippen LogP contribution in [0, 0.1) is 0 Å². The van der Waals surface area contributed by atoms with Crippen LogP contribution in [0.4, 0.5) is 0 Å². The summed E-state index contributed by atoms with van der Waals surface area (Å²) in [5.41, 5.74) is 1.48. The normalized spacial score (nSPS) is 12.7. The molecule has 2 unspecified atom stereocenters. The summed E-state index contributed by atoms with van der Waals surface area (Å²) in [5, 5.41) is 16.8. The second-order valence-electron chi connectivity index (χ2n) is 7.29. The third kappa shape index (κ3) is 5.23. The maximum absolute atomic E-state index is 13.1. The van der Waals surface area contributed by atoms with Crippen molar-refractivity contribution in [2.24, 2.45) is 0 Å². The second-order valence-corrected chi connectivity index (χ2v) is 7.29. The number of nitrogens with one attached hydrogen (secondary N) is 2. The predicted octanol–water partition coefficient (Wildman–Crippen LogP) is 3.04. The van der Waals surface area contributed by atoms with Crippen molar-refractivity contribution >= 4 is 28.4 Å². The average Bonchev–Trinajstić information content (AvgIpc) is 2.71. The lowest BCUT2D eigenvalue weighted by Crippen LogP contribution is -2.47. The Labute approximate surface area is 174 Å². The maximum atomic E-state index is 13.1. The summed E-state index contributed by atoms with van der Waals surface area (Å²) >= 11 is 0. The lowest BCUT2D eigenvalue weighted by molar-refractivity contribution is -0.130. The SMILES string of the molecule is CC(=O)NC(C(=O)NC(Cc1ccccc1)C(C)=O)c1ccc2ccc(O)cc2c1. The Morgan fingerprint density at radius 1 is 0.867 bits per heavy atom.